The van der Waals surface area contributed by atoms with Gasteiger partial charge in [0, 0.05) is 22.3 Å². The van der Waals surface area contributed by atoms with Gasteiger partial charge in [-0.2, -0.15) is 0 Å². The lowest BCUT2D eigenvalue weighted by Crippen LogP contribution is -2.70. The molecule has 0 heterocycles. The molecular weight excluding hydrogens is 584 g/mol. The average Bonchev–Trinajstić information content (AvgIpc) is 3.29. The van der Waals surface area contributed by atoms with Crippen molar-refractivity contribution in [3.05, 3.63) is 83.0 Å². The third kappa shape index (κ3) is 4.52. The van der Waals surface area contributed by atoms with Crippen molar-refractivity contribution in [3.8, 4) is 5.75 Å². The van der Waals surface area contributed by atoms with Crippen molar-refractivity contribution in [2.24, 2.45) is 22.7 Å². The van der Waals surface area contributed by atoms with Crippen molar-refractivity contribution in [1.82, 2.24) is 0 Å². The first-order chi connectivity index (χ1) is 21.2. The summed E-state index contributed by atoms with van der Waals surface area (Å²) in [6.07, 6.45) is -0.907. The molecule has 0 aliphatic heterocycles. The van der Waals surface area contributed by atoms with Crippen molar-refractivity contribution < 1.29 is 43.5 Å². The van der Waals surface area contributed by atoms with E-state index in [0.717, 1.165) is 17.2 Å². The van der Waals surface area contributed by atoms with E-state index in [0.29, 0.717) is 12.0 Å². The van der Waals surface area contributed by atoms with Gasteiger partial charge in [0.25, 0.3) is 0 Å². The fourth-order valence-electron chi connectivity index (χ4n) is 9.05. The number of alkyl halides is 2. The van der Waals surface area contributed by atoms with Gasteiger partial charge in [-0.3, -0.25) is 9.59 Å². The van der Waals surface area contributed by atoms with Crippen molar-refractivity contribution >= 4 is 17.3 Å². The Balaban J connectivity index is 1.30. The number of phenols is 1. The number of aliphatic hydroxyl groups excluding tert-OH is 3. The van der Waals surface area contributed by atoms with Gasteiger partial charge in [0.2, 0.25) is 0 Å². The molecule has 1 unspecified atom stereocenters. The Morgan fingerprint density at radius 3 is 2.49 bits per heavy atom. The molecule has 8 nitrogen and oxygen atoms in total. The molecule has 4 aliphatic carbocycles. The molecular formula is C35H39F2NO7. The highest BCUT2D eigenvalue weighted by atomic mass is 19.1. The summed E-state index contributed by atoms with van der Waals surface area (Å²) in [6.45, 7) is 2.31. The monoisotopic (exact) mass is 623 g/mol. The van der Waals surface area contributed by atoms with E-state index in [1.807, 2.05) is 0 Å². The van der Waals surface area contributed by atoms with Crippen LogP contribution in [0.15, 0.2) is 66.3 Å². The number of halogens is 2. The molecule has 3 saturated carbocycles. The highest BCUT2D eigenvalue weighted by Gasteiger charge is 2.76. The summed E-state index contributed by atoms with van der Waals surface area (Å²) in [5, 5.41) is 42.7. The molecule has 45 heavy (non-hydrogen) atoms. The first-order valence-electron chi connectivity index (χ1n) is 15.3. The molecule has 0 amide bonds. The van der Waals surface area contributed by atoms with E-state index in [1.165, 1.54) is 25.1 Å². The van der Waals surface area contributed by atoms with Gasteiger partial charge >= 0.3 is 0 Å². The second kappa shape index (κ2) is 10.8. The topological polar surface area (TPSA) is 150 Å². The number of benzene rings is 2. The zero-order valence-corrected chi connectivity index (χ0v) is 25.2. The van der Waals surface area contributed by atoms with Crippen molar-refractivity contribution in [1.29, 1.82) is 0 Å². The molecule has 6 N–H and O–H groups in total. The van der Waals surface area contributed by atoms with Gasteiger partial charge in [0.1, 0.15) is 24.1 Å². The zero-order chi connectivity index (χ0) is 32.5. The van der Waals surface area contributed by atoms with Crippen molar-refractivity contribution in [3.63, 3.8) is 0 Å². The average molecular weight is 624 g/mol. The summed E-state index contributed by atoms with van der Waals surface area (Å²) in [6, 6.07) is 11.8. The quantitative estimate of drug-likeness (QED) is 0.175. The number of carbonyl (C=O) groups excluding carboxylic acids is 2. The third-order valence-electron chi connectivity index (χ3n) is 11.4. The van der Waals surface area contributed by atoms with Crippen LogP contribution in [-0.4, -0.2) is 62.1 Å². The van der Waals surface area contributed by atoms with Crippen LogP contribution in [0, 0.1) is 22.7 Å². The molecule has 0 spiro atoms. The first-order valence-corrected chi connectivity index (χ1v) is 15.3. The largest absolute Gasteiger partial charge is 0.506 e. The Labute approximate surface area is 260 Å². The number of ether oxygens (including phenoxy) is 1. The molecule has 3 fully saturated rings. The smallest absolute Gasteiger partial charge is 0.190 e. The number of hydrogen-bond acceptors (Lipinski definition) is 8. The van der Waals surface area contributed by atoms with Crippen LogP contribution in [0.2, 0.25) is 0 Å². The van der Waals surface area contributed by atoms with Gasteiger partial charge in [-0.25, -0.2) is 8.78 Å². The number of fused-ring (bicyclic) bond motifs is 5. The van der Waals surface area contributed by atoms with Gasteiger partial charge in [-0.05, 0) is 85.9 Å². The fraction of sp³-hybridized carbons (Fsp3) is 0.486. The van der Waals surface area contributed by atoms with Crippen molar-refractivity contribution in [2.75, 3.05) is 12.3 Å². The summed E-state index contributed by atoms with van der Waals surface area (Å²) in [4.78, 5) is 25.7. The van der Waals surface area contributed by atoms with Crippen LogP contribution in [0.1, 0.15) is 62.5 Å². The molecule has 2 aromatic carbocycles. The molecule has 6 rings (SSSR count). The highest BCUT2D eigenvalue weighted by molar-refractivity contribution is 6.01. The molecule has 4 aliphatic rings. The Bertz CT molecular complexity index is 1590. The SMILES string of the molecule is C[C@]12C=CC(=O)C=C1[C@@H](F)C[C@H]1C3CC[C@](O[C@@H](O)c4ccc(Cc5ccc(O)c(N)c5)cc4)(C(=O)CO)[C@@]3(C)C[C@H](O)[C@@]12F. The molecule has 0 aromatic heterocycles. The Kier molecular flexibility index (Phi) is 7.59. The van der Waals surface area contributed by atoms with Crippen molar-refractivity contribution in [2.45, 2.75) is 75.8 Å². The van der Waals surface area contributed by atoms with Gasteiger partial charge < -0.3 is 30.9 Å². The number of nitrogens with two attached hydrogens (primary N) is 1. The molecule has 240 valence electrons. The molecule has 2 aromatic rings. The highest BCUT2D eigenvalue weighted by Crippen LogP contribution is 2.71. The number of Topliss-reactive ketones (excluding diaryl/α,β-unsaturated/α-hetero) is 1. The predicted octanol–water partition coefficient (Wildman–Crippen LogP) is 4.19. The second-order valence-electron chi connectivity index (χ2n) is 13.6. The minimum absolute atomic E-state index is 0.00244. The van der Waals surface area contributed by atoms with Gasteiger partial charge in [0.15, 0.2) is 23.5 Å². The van der Waals surface area contributed by atoms with Crippen LogP contribution in [-0.2, 0) is 20.7 Å². The number of anilines is 1. The number of aliphatic hydroxyl groups is 3. The summed E-state index contributed by atoms with van der Waals surface area (Å²) in [7, 11) is 0. The molecule has 0 radical (unpaired) electrons. The normalized spacial score (nSPS) is 37.8. The van der Waals surface area contributed by atoms with E-state index < -0.39 is 70.7 Å². The summed E-state index contributed by atoms with van der Waals surface area (Å²) >= 11 is 0. The van der Waals surface area contributed by atoms with E-state index in [-0.39, 0.29) is 42.7 Å². The standard InChI is InChI=1S/C35H39F2NO7/c1-32-11-9-22(40)15-25(32)26(36)16-24-23-10-12-34(30(43)18-39,33(23,2)17-29(42)35(24,32)37)45-31(44)21-6-3-19(4-7-21)13-20-5-8-28(41)27(38)14-20/h3-9,11,14-15,23-24,26,29,31,39,41-42,44H,10,12-13,16-18,38H2,1-2H3/t23?,24-,26-,29-,31+,32-,33-,34-,35-/m0/s1. The van der Waals surface area contributed by atoms with Gasteiger partial charge in [-0.15, -0.1) is 0 Å². The Hall–Kier alpha value is -3.44. The Morgan fingerprint density at radius 2 is 1.82 bits per heavy atom. The number of aromatic hydroxyl groups is 1. The fourth-order valence-corrected chi connectivity index (χ4v) is 9.05. The third-order valence-corrected chi connectivity index (χ3v) is 11.4. The van der Waals surface area contributed by atoms with Gasteiger partial charge in [-0.1, -0.05) is 43.3 Å². The second-order valence-corrected chi connectivity index (χ2v) is 13.6. The minimum Gasteiger partial charge on any atom is -0.506 e. The number of nitrogen functional groups attached to an aromatic ring is 1. The number of carbonyl (C=O) groups is 2. The lowest BCUT2D eigenvalue weighted by Gasteiger charge is -2.63. The number of phenolic OH excluding ortho intramolecular Hbond substituents is 1. The molecule has 9 atom stereocenters. The van der Waals surface area contributed by atoms with Gasteiger partial charge in [0.05, 0.1) is 11.8 Å². The van der Waals surface area contributed by atoms with E-state index in [2.05, 4.69) is 0 Å². The molecule has 0 bridgehead atoms. The lowest BCUT2D eigenvalue weighted by molar-refractivity contribution is -0.260. The van der Waals surface area contributed by atoms with E-state index >= 15 is 8.78 Å². The number of hydrogen-bond donors (Lipinski definition) is 5. The van der Waals surface area contributed by atoms with Crippen LogP contribution < -0.4 is 5.73 Å². The van der Waals surface area contributed by atoms with Crippen LogP contribution in [0.3, 0.4) is 0 Å². The number of allylic oxidation sites excluding steroid dienone is 4. The van der Waals surface area contributed by atoms with Crippen LogP contribution >= 0.6 is 0 Å². The number of ketones is 2. The maximum atomic E-state index is 17.5. The maximum absolute atomic E-state index is 17.5. The lowest BCUT2D eigenvalue weighted by atomic mass is 9.44. The minimum atomic E-state index is -2.32. The van der Waals surface area contributed by atoms with E-state index in [4.69, 9.17) is 10.5 Å². The van der Waals surface area contributed by atoms with Crippen LogP contribution in [0.25, 0.3) is 0 Å². The van der Waals surface area contributed by atoms with E-state index in [1.54, 1.807) is 43.3 Å². The first kappa shape index (κ1) is 31.5. The van der Waals surface area contributed by atoms with Crippen LogP contribution in [0.5, 0.6) is 5.75 Å². The Morgan fingerprint density at radius 1 is 1.13 bits per heavy atom. The number of rotatable bonds is 7. The zero-order valence-electron chi connectivity index (χ0n) is 25.2. The van der Waals surface area contributed by atoms with Crippen LogP contribution in [0.4, 0.5) is 14.5 Å². The summed E-state index contributed by atoms with van der Waals surface area (Å²) < 4.78 is 39.5. The summed E-state index contributed by atoms with van der Waals surface area (Å²) in [5.41, 5.74) is 1.26. The molecule has 0 saturated heterocycles. The van der Waals surface area contributed by atoms with E-state index in [9.17, 15) is 30.0 Å². The summed E-state index contributed by atoms with van der Waals surface area (Å²) in [5.74, 6) is -2.79. The molecule has 10 heteroatoms. The predicted molar refractivity (Wildman–Crippen MR) is 161 cm³/mol. The maximum Gasteiger partial charge on any atom is 0.190 e.